The maximum Gasteiger partial charge on any atom is 0.326 e. The van der Waals surface area contributed by atoms with Crippen LogP contribution in [0.15, 0.2) is 12.4 Å². The van der Waals surface area contributed by atoms with Gasteiger partial charge in [0.2, 0.25) is 0 Å². The zero-order valence-electron chi connectivity index (χ0n) is 10.2. The van der Waals surface area contributed by atoms with Crippen LogP contribution in [0.1, 0.15) is 29.0 Å². The zero-order chi connectivity index (χ0) is 14.4. The number of aromatic nitrogens is 2. The highest BCUT2D eigenvalue weighted by Crippen LogP contribution is 2.01. The van der Waals surface area contributed by atoms with E-state index in [1.54, 1.807) is 6.92 Å². The molecule has 8 heteroatoms. The molecule has 1 rings (SSSR count). The molecule has 0 bridgehead atoms. The minimum atomic E-state index is -1.30. The van der Waals surface area contributed by atoms with Gasteiger partial charge in [-0.2, -0.15) is 0 Å². The molecular weight excluding hydrogens is 254 g/mol. The summed E-state index contributed by atoms with van der Waals surface area (Å²) in [4.78, 5) is 40.6. The van der Waals surface area contributed by atoms with Gasteiger partial charge in [-0.3, -0.25) is 14.6 Å². The van der Waals surface area contributed by atoms with E-state index in [0.717, 1.165) is 0 Å². The molecule has 0 aliphatic rings. The van der Waals surface area contributed by atoms with E-state index in [-0.39, 0.29) is 18.5 Å². The summed E-state index contributed by atoms with van der Waals surface area (Å²) in [6.07, 6.45) is 2.05. The van der Waals surface area contributed by atoms with Crippen molar-refractivity contribution in [3.05, 3.63) is 23.8 Å². The van der Waals surface area contributed by atoms with Crippen LogP contribution >= 0.6 is 0 Å². The molecular formula is C11H13N3O5. The van der Waals surface area contributed by atoms with Crippen LogP contribution < -0.4 is 5.32 Å². The van der Waals surface area contributed by atoms with Crippen LogP contribution in [0.3, 0.4) is 0 Å². The Labute approximate surface area is 108 Å². The van der Waals surface area contributed by atoms with Crippen LogP contribution in [0.2, 0.25) is 0 Å². The van der Waals surface area contributed by atoms with Gasteiger partial charge in [0, 0.05) is 12.6 Å². The topological polar surface area (TPSA) is 129 Å². The number of nitrogens with zero attached hydrogens (tertiary/aromatic N) is 2. The Balaban J connectivity index is 2.68. The third-order valence-corrected chi connectivity index (χ3v) is 2.26. The normalized spacial score (nSPS) is 11.6. The van der Waals surface area contributed by atoms with Crippen LogP contribution in [0.4, 0.5) is 0 Å². The predicted molar refractivity (Wildman–Crippen MR) is 62.5 cm³/mol. The van der Waals surface area contributed by atoms with E-state index in [4.69, 9.17) is 10.2 Å². The van der Waals surface area contributed by atoms with Crippen LogP contribution in [-0.2, 0) is 9.59 Å². The van der Waals surface area contributed by atoms with Gasteiger partial charge in [0.25, 0.3) is 5.91 Å². The molecule has 8 nitrogen and oxygen atoms in total. The van der Waals surface area contributed by atoms with Crippen molar-refractivity contribution in [3.63, 3.8) is 0 Å². The molecule has 0 aromatic carbocycles. The molecule has 0 radical (unpaired) electrons. The second-order valence-corrected chi connectivity index (χ2v) is 3.84. The Morgan fingerprint density at radius 2 is 1.95 bits per heavy atom. The van der Waals surface area contributed by atoms with E-state index >= 15 is 0 Å². The number of amides is 1. The van der Waals surface area contributed by atoms with Crippen molar-refractivity contribution in [2.75, 3.05) is 0 Å². The van der Waals surface area contributed by atoms with Crippen molar-refractivity contribution in [2.45, 2.75) is 25.8 Å². The van der Waals surface area contributed by atoms with Crippen LogP contribution in [0.5, 0.6) is 0 Å². The quantitative estimate of drug-likeness (QED) is 0.652. The Kier molecular flexibility index (Phi) is 4.92. The maximum absolute atomic E-state index is 11.7. The number of hydrogen-bond acceptors (Lipinski definition) is 5. The van der Waals surface area contributed by atoms with Gasteiger partial charge >= 0.3 is 11.9 Å². The van der Waals surface area contributed by atoms with Crippen molar-refractivity contribution in [1.82, 2.24) is 15.3 Å². The van der Waals surface area contributed by atoms with Crippen molar-refractivity contribution >= 4 is 17.8 Å². The molecule has 0 spiro atoms. The summed E-state index contributed by atoms with van der Waals surface area (Å²) < 4.78 is 0. The minimum Gasteiger partial charge on any atom is -0.481 e. The average Bonchev–Trinajstić information content (AvgIpc) is 2.34. The fourth-order valence-electron chi connectivity index (χ4n) is 1.27. The third kappa shape index (κ3) is 4.70. The Morgan fingerprint density at radius 1 is 1.26 bits per heavy atom. The standard InChI is InChI=1S/C11H13N3O5/c1-6-4-13-8(5-12-6)10(17)14-7(11(18)19)2-3-9(15)16/h4-5,7H,2-3H2,1H3,(H,14,17)(H,15,16)(H,18,19). The van der Waals surface area contributed by atoms with E-state index in [1.807, 2.05) is 0 Å². The number of carbonyl (C=O) groups excluding carboxylic acids is 1. The largest absolute Gasteiger partial charge is 0.481 e. The molecule has 0 aliphatic heterocycles. The lowest BCUT2D eigenvalue weighted by atomic mass is 10.1. The summed E-state index contributed by atoms with van der Waals surface area (Å²) in [5.74, 6) is -3.13. The summed E-state index contributed by atoms with van der Waals surface area (Å²) in [5.41, 5.74) is 0.601. The molecule has 102 valence electrons. The molecule has 0 aliphatic carbocycles. The van der Waals surface area contributed by atoms with Gasteiger partial charge in [-0.1, -0.05) is 0 Å². The van der Waals surface area contributed by atoms with E-state index in [0.29, 0.717) is 5.69 Å². The number of carboxylic acid groups (broad SMARTS) is 2. The van der Waals surface area contributed by atoms with Gasteiger partial charge in [0.05, 0.1) is 11.9 Å². The first kappa shape index (κ1) is 14.6. The second-order valence-electron chi connectivity index (χ2n) is 3.84. The average molecular weight is 267 g/mol. The number of nitrogens with one attached hydrogen (secondary N) is 1. The second kappa shape index (κ2) is 6.43. The van der Waals surface area contributed by atoms with Gasteiger partial charge in [-0.25, -0.2) is 9.78 Å². The minimum absolute atomic E-state index is 0.0211. The first-order valence-electron chi connectivity index (χ1n) is 5.44. The number of carbonyl (C=O) groups is 3. The molecule has 1 heterocycles. The van der Waals surface area contributed by atoms with Crippen LogP contribution in [-0.4, -0.2) is 44.1 Å². The highest BCUT2D eigenvalue weighted by molar-refractivity contribution is 5.94. The molecule has 1 atom stereocenters. The third-order valence-electron chi connectivity index (χ3n) is 2.26. The maximum atomic E-state index is 11.7. The van der Waals surface area contributed by atoms with E-state index in [9.17, 15) is 14.4 Å². The molecule has 0 saturated heterocycles. The van der Waals surface area contributed by atoms with E-state index in [2.05, 4.69) is 15.3 Å². The molecule has 1 aromatic rings. The predicted octanol–water partition coefficient (Wildman–Crippen LogP) is -0.167. The highest BCUT2D eigenvalue weighted by atomic mass is 16.4. The molecule has 0 fully saturated rings. The summed E-state index contributed by atoms with van der Waals surface area (Å²) in [5, 5.41) is 19.6. The van der Waals surface area contributed by atoms with Gasteiger partial charge < -0.3 is 15.5 Å². The monoisotopic (exact) mass is 267 g/mol. The lowest BCUT2D eigenvalue weighted by Gasteiger charge is -2.12. The summed E-state index contributed by atoms with van der Waals surface area (Å²) >= 11 is 0. The van der Waals surface area contributed by atoms with Crippen molar-refractivity contribution in [1.29, 1.82) is 0 Å². The van der Waals surface area contributed by atoms with Crippen molar-refractivity contribution in [2.24, 2.45) is 0 Å². The number of carboxylic acids is 2. The van der Waals surface area contributed by atoms with Crippen molar-refractivity contribution < 1.29 is 24.6 Å². The zero-order valence-corrected chi connectivity index (χ0v) is 10.2. The van der Waals surface area contributed by atoms with Crippen LogP contribution in [0.25, 0.3) is 0 Å². The molecule has 1 unspecified atom stereocenters. The molecule has 3 N–H and O–H groups in total. The molecule has 19 heavy (non-hydrogen) atoms. The molecule has 1 aromatic heterocycles. The van der Waals surface area contributed by atoms with Crippen LogP contribution in [0, 0.1) is 6.92 Å². The number of rotatable bonds is 6. The smallest absolute Gasteiger partial charge is 0.326 e. The first-order valence-corrected chi connectivity index (χ1v) is 5.44. The van der Waals surface area contributed by atoms with E-state index in [1.165, 1.54) is 12.4 Å². The first-order chi connectivity index (χ1) is 8.90. The summed E-state index contributed by atoms with van der Waals surface area (Å²) in [7, 11) is 0. The summed E-state index contributed by atoms with van der Waals surface area (Å²) in [6.45, 7) is 1.70. The summed E-state index contributed by atoms with van der Waals surface area (Å²) in [6, 6.07) is -1.27. The number of hydrogen-bond donors (Lipinski definition) is 3. The Hall–Kier alpha value is -2.51. The fraction of sp³-hybridized carbons (Fsp3) is 0.364. The lowest BCUT2D eigenvalue weighted by molar-refractivity contribution is -0.140. The molecule has 1 amide bonds. The number of aryl methyl sites for hydroxylation is 1. The molecule has 0 saturated carbocycles. The Morgan fingerprint density at radius 3 is 2.42 bits per heavy atom. The van der Waals surface area contributed by atoms with Gasteiger partial charge in [-0.15, -0.1) is 0 Å². The van der Waals surface area contributed by atoms with Gasteiger partial charge in [0.1, 0.15) is 11.7 Å². The SMILES string of the molecule is Cc1cnc(C(=O)NC(CCC(=O)O)C(=O)O)cn1. The van der Waals surface area contributed by atoms with Crippen molar-refractivity contribution in [3.8, 4) is 0 Å². The van der Waals surface area contributed by atoms with Gasteiger partial charge in [0.15, 0.2) is 0 Å². The highest BCUT2D eigenvalue weighted by Gasteiger charge is 2.22. The lowest BCUT2D eigenvalue weighted by Crippen LogP contribution is -2.41. The Bertz CT molecular complexity index is 486. The van der Waals surface area contributed by atoms with E-state index < -0.39 is 23.9 Å². The number of aliphatic carboxylic acids is 2. The van der Waals surface area contributed by atoms with Gasteiger partial charge in [-0.05, 0) is 13.3 Å². The fourth-order valence-corrected chi connectivity index (χ4v) is 1.27.